The third-order valence-corrected chi connectivity index (χ3v) is 5.56. The molecule has 9 heteroatoms. The van der Waals surface area contributed by atoms with Crippen molar-refractivity contribution in [3.05, 3.63) is 71.3 Å². The Morgan fingerprint density at radius 2 is 1.64 bits per heavy atom. The number of rotatable bonds is 12. The molecular weight excluding hydrogens is 462 g/mol. The van der Waals surface area contributed by atoms with Gasteiger partial charge in [-0.2, -0.15) is 0 Å². The molecule has 1 aromatic carbocycles. The number of amides is 2. The highest BCUT2D eigenvalue weighted by molar-refractivity contribution is 6.06. The van der Waals surface area contributed by atoms with Crippen LogP contribution in [0, 0.1) is 12.8 Å². The molecule has 0 fully saturated rings. The quantitative estimate of drug-likeness (QED) is 0.132. The van der Waals surface area contributed by atoms with E-state index in [2.05, 4.69) is 15.6 Å². The Hall–Kier alpha value is -4.14. The lowest BCUT2D eigenvalue weighted by Crippen LogP contribution is -2.45. The molecule has 2 atom stereocenters. The first-order valence-electron chi connectivity index (χ1n) is 11.7. The summed E-state index contributed by atoms with van der Waals surface area (Å²) in [6, 6.07) is 7.11. The lowest BCUT2D eigenvalue weighted by atomic mass is 9.93. The van der Waals surface area contributed by atoms with E-state index in [0.717, 1.165) is 0 Å². The minimum atomic E-state index is -0.984. The molecule has 1 aromatic heterocycles. The normalized spacial score (nSPS) is 13.1. The Morgan fingerprint density at radius 3 is 2.19 bits per heavy atom. The number of aromatic nitrogens is 1. The number of allylic oxidation sites excluding steroid dienone is 4. The zero-order valence-corrected chi connectivity index (χ0v) is 20.9. The van der Waals surface area contributed by atoms with Gasteiger partial charge in [0.2, 0.25) is 17.7 Å². The fraction of sp³-hybridized carbons (Fsp3) is 0.333. The highest BCUT2D eigenvalue weighted by Crippen LogP contribution is 2.30. The minimum Gasteiger partial charge on any atom is -0.494 e. The number of benzene rings is 1. The molecule has 0 aliphatic rings. The monoisotopic (exact) mass is 495 g/mol. The number of H-pyrrole nitrogens is 1. The number of ketones is 2. The van der Waals surface area contributed by atoms with Gasteiger partial charge in [-0.3, -0.25) is 24.2 Å². The van der Waals surface area contributed by atoms with E-state index in [1.807, 2.05) is 0 Å². The number of nitrogens with one attached hydrogen (secondary N) is 3. The topological polar surface area (TPSA) is 149 Å². The fourth-order valence-corrected chi connectivity index (χ4v) is 3.65. The van der Waals surface area contributed by atoms with E-state index in [-0.39, 0.29) is 41.5 Å². The van der Waals surface area contributed by atoms with Gasteiger partial charge in [0.05, 0.1) is 30.5 Å². The van der Waals surface area contributed by atoms with Crippen LogP contribution in [-0.4, -0.2) is 44.6 Å². The highest BCUT2D eigenvalue weighted by atomic mass is 16.3. The van der Waals surface area contributed by atoms with Crippen LogP contribution in [0.3, 0.4) is 0 Å². The zero-order chi connectivity index (χ0) is 26.8. The minimum absolute atomic E-state index is 0.0936. The molecule has 9 nitrogen and oxygen atoms in total. The van der Waals surface area contributed by atoms with Crippen molar-refractivity contribution in [2.45, 2.75) is 52.6 Å². The number of aromatic hydroxyl groups is 2. The van der Waals surface area contributed by atoms with Crippen LogP contribution in [0.2, 0.25) is 0 Å². The van der Waals surface area contributed by atoms with Gasteiger partial charge in [0.25, 0.3) is 0 Å². The Kier molecular flexibility index (Phi) is 10.2. The number of carbonyl (C=O) groups excluding carboxylic acids is 4. The third-order valence-electron chi connectivity index (χ3n) is 5.56. The molecule has 5 N–H and O–H groups in total. The second-order valence-corrected chi connectivity index (χ2v) is 8.74. The molecule has 0 spiro atoms. The molecule has 2 amide bonds. The van der Waals surface area contributed by atoms with E-state index >= 15 is 0 Å². The molecule has 0 aliphatic carbocycles. The summed E-state index contributed by atoms with van der Waals surface area (Å²) in [5.74, 6) is -3.10. The first kappa shape index (κ1) is 28.1. The van der Waals surface area contributed by atoms with Crippen LogP contribution >= 0.6 is 0 Å². The van der Waals surface area contributed by atoms with E-state index in [1.54, 1.807) is 69.3 Å². The van der Waals surface area contributed by atoms with Crippen molar-refractivity contribution in [2.75, 3.05) is 0 Å². The lowest BCUT2D eigenvalue weighted by Gasteiger charge is -2.24. The Morgan fingerprint density at radius 1 is 0.972 bits per heavy atom. The molecule has 0 bridgehead atoms. The molecule has 0 aliphatic heterocycles. The summed E-state index contributed by atoms with van der Waals surface area (Å²) in [5.41, 5.74) is 0.748. The maximum atomic E-state index is 13.1. The van der Waals surface area contributed by atoms with Gasteiger partial charge >= 0.3 is 0 Å². The molecule has 0 radical (unpaired) electrons. The van der Waals surface area contributed by atoms with Gasteiger partial charge in [-0.05, 0) is 31.4 Å². The molecule has 0 saturated carbocycles. The van der Waals surface area contributed by atoms with Gasteiger partial charge in [0, 0.05) is 5.56 Å². The molecule has 0 unspecified atom stereocenters. The molecule has 1 heterocycles. The van der Waals surface area contributed by atoms with Gasteiger partial charge in [-0.25, -0.2) is 0 Å². The molecule has 36 heavy (non-hydrogen) atoms. The first-order chi connectivity index (χ1) is 17.0. The third kappa shape index (κ3) is 7.69. The van der Waals surface area contributed by atoms with Crippen LogP contribution in [-0.2, 0) is 14.4 Å². The summed E-state index contributed by atoms with van der Waals surface area (Å²) in [7, 11) is 0. The molecular formula is C27H33N3O6. The number of carbonyl (C=O) groups is 4. The maximum absolute atomic E-state index is 13.1. The Labute approximate surface area is 210 Å². The van der Waals surface area contributed by atoms with Crippen molar-refractivity contribution in [1.82, 2.24) is 15.6 Å². The van der Waals surface area contributed by atoms with Gasteiger partial charge in [0.15, 0.2) is 17.4 Å². The van der Waals surface area contributed by atoms with Crippen molar-refractivity contribution >= 4 is 23.4 Å². The fourth-order valence-electron chi connectivity index (χ4n) is 3.65. The second kappa shape index (κ2) is 13.1. The summed E-state index contributed by atoms with van der Waals surface area (Å²) in [6.45, 7) is 6.77. The summed E-state index contributed by atoms with van der Waals surface area (Å²) in [6.07, 6.45) is 5.73. The van der Waals surface area contributed by atoms with E-state index in [1.165, 1.54) is 13.0 Å². The largest absolute Gasteiger partial charge is 0.494 e. The first-order valence-corrected chi connectivity index (χ1v) is 11.7. The molecule has 0 saturated heterocycles. The van der Waals surface area contributed by atoms with E-state index in [9.17, 15) is 29.4 Å². The average Bonchev–Trinajstić information content (AvgIpc) is 3.08. The van der Waals surface area contributed by atoms with Crippen molar-refractivity contribution in [3.63, 3.8) is 0 Å². The maximum Gasteiger partial charge on any atom is 0.228 e. The predicted octanol–water partition coefficient (Wildman–Crippen LogP) is 3.40. The van der Waals surface area contributed by atoms with Crippen molar-refractivity contribution in [2.24, 2.45) is 5.92 Å². The van der Waals surface area contributed by atoms with Gasteiger partial charge in [-0.1, -0.05) is 62.4 Å². The van der Waals surface area contributed by atoms with Crippen molar-refractivity contribution in [3.8, 4) is 11.8 Å². The Balaban J connectivity index is 2.17. The average molecular weight is 496 g/mol. The number of Topliss-reactive ketones (excluding diaryl/α,β-unsaturated/α-hetero) is 1. The van der Waals surface area contributed by atoms with Crippen LogP contribution < -0.4 is 10.6 Å². The van der Waals surface area contributed by atoms with Crippen LogP contribution in [0.5, 0.6) is 11.8 Å². The van der Waals surface area contributed by atoms with Gasteiger partial charge in [0.1, 0.15) is 0 Å². The van der Waals surface area contributed by atoms with Crippen LogP contribution in [0.25, 0.3) is 0 Å². The number of hydrogen-bond donors (Lipinski definition) is 5. The molecule has 2 rings (SSSR count). The van der Waals surface area contributed by atoms with Crippen molar-refractivity contribution in [1.29, 1.82) is 0 Å². The summed E-state index contributed by atoms with van der Waals surface area (Å²) < 4.78 is 0. The predicted molar refractivity (Wildman–Crippen MR) is 135 cm³/mol. The SMILES string of the molecule is CC=CC=CC(=O)CC(=O)N[C@@H](CC(=O)N[C@H](C(=O)c1c(O)[nH]c(O)c1C)C(C)C)c1ccccc1. The zero-order valence-electron chi connectivity index (χ0n) is 20.9. The molecule has 192 valence electrons. The number of aromatic amines is 1. The lowest BCUT2D eigenvalue weighted by molar-refractivity contribution is -0.127. The molecule has 2 aromatic rings. The van der Waals surface area contributed by atoms with Gasteiger partial charge in [-0.15, -0.1) is 0 Å². The highest BCUT2D eigenvalue weighted by Gasteiger charge is 2.31. The van der Waals surface area contributed by atoms with E-state index in [0.29, 0.717) is 5.56 Å². The van der Waals surface area contributed by atoms with Crippen LogP contribution in [0.1, 0.15) is 61.1 Å². The Bertz CT molecular complexity index is 1150. The summed E-state index contributed by atoms with van der Waals surface area (Å²) >= 11 is 0. The number of hydrogen-bond acceptors (Lipinski definition) is 6. The van der Waals surface area contributed by atoms with Crippen LogP contribution in [0.15, 0.2) is 54.6 Å². The van der Waals surface area contributed by atoms with E-state index in [4.69, 9.17) is 0 Å². The van der Waals surface area contributed by atoms with Gasteiger partial charge < -0.3 is 20.8 Å². The van der Waals surface area contributed by atoms with Crippen molar-refractivity contribution < 1.29 is 29.4 Å². The van der Waals surface area contributed by atoms with Crippen LogP contribution in [0.4, 0.5) is 0 Å². The smallest absolute Gasteiger partial charge is 0.228 e. The second-order valence-electron chi connectivity index (χ2n) is 8.74. The summed E-state index contributed by atoms with van der Waals surface area (Å²) in [5, 5.41) is 25.3. The van der Waals surface area contributed by atoms with E-state index < -0.39 is 35.6 Å². The summed E-state index contributed by atoms with van der Waals surface area (Å²) in [4.78, 5) is 53.0. The standard InChI is InChI=1S/C27H33N3O6/c1-5-6-8-13-19(31)14-21(32)28-20(18-11-9-7-10-12-18)15-22(33)29-24(16(2)3)25(34)23-17(4)26(35)30-27(23)36/h5-13,16,20,24,30,35-36H,14-15H2,1-4H3,(H,28,32)(H,29,33)/t20-,24-/m0/s1.